The second-order valence-electron chi connectivity index (χ2n) is 4.40. The fraction of sp³-hybridized carbons (Fsp3) is 0.727. The van der Waals surface area contributed by atoms with Crippen LogP contribution < -0.4 is 5.73 Å². The van der Waals surface area contributed by atoms with Crippen molar-refractivity contribution in [3.05, 3.63) is 18.0 Å². The van der Waals surface area contributed by atoms with E-state index in [1.807, 2.05) is 6.20 Å². The van der Waals surface area contributed by atoms with E-state index in [0.29, 0.717) is 12.6 Å². The lowest BCUT2D eigenvalue weighted by atomic mass is 10.1. The van der Waals surface area contributed by atoms with Gasteiger partial charge < -0.3 is 10.6 Å². The molecule has 4 nitrogen and oxygen atoms in total. The van der Waals surface area contributed by atoms with Crippen LogP contribution in [0.15, 0.2) is 12.4 Å². The molecule has 1 saturated heterocycles. The average Bonchev–Trinajstić information content (AvgIpc) is 2.68. The summed E-state index contributed by atoms with van der Waals surface area (Å²) < 4.78 is 2.12. The smallest absolute Gasteiger partial charge is 0.0543 e. The van der Waals surface area contributed by atoms with Crippen LogP contribution in [0.25, 0.3) is 0 Å². The van der Waals surface area contributed by atoms with Crippen molar-refractivity contribution in [2.75, 3.05) is 26.7 Å². The van der Waals surface area contributed by atoms with Gasteiger partial charge in [-0.15, -0.1) is 0 Å². The first kappa shape index (κ1) is 10.6. The van der Waals surface area contributed by atoms with E-state index in [1.165, 1.54) is 31.5 Å². The molecular weight excluding hydrogens is 188 g/mol. The maximum Gasteiger partial charge on any atom is 0.0543 e. The van der Waals surface area contributed by atoms with Crippen LogP contribution in [-0.2, 0) is 6.42 Å². The van der Waals surface area contributed by atoms with Gasteiger partial charge in [-0.25, -0.2) is 0 Å². The molecule has 0 radical (unpaired) electrons. The molecule has 1 aromatic rings. The topological polar surface area (TPSA) is 47.1 Å². The van der Waals surface area contributed by atoms with Crippen molar-refractivity contribution in [1.82, 2.24) is 14.7 Å². The zero-order chi connectivity index (χ0) is 10.7. The summed E-state index contributed by atoms with van der Waals surface area (Å²) in [6.45, 7) is 3.06. The van der Waals surface area contributed by atoms with Gasteiger partial charge >= 0.3 is 0 Å². The molecule has 1 aliphatic heterocycles. The first-order valence-electron chi connectivity index (χ1n) is 5.71. The van der Waals surface area contributed by atoms with Crippen LogP contribution in [0, 0.1) is 0 Å². The van der Waals surface area contributed by atoms with E-state index in [0.717, 1.165) is 6.42 Å². The van der Waals surface area contributed by atoms with Crippen LogP contribution in [-0.4, -0.2) is 41.4 Å². The molecule has 2 N–H and O–H groups in total. The number of rotatable bonds is 3. The third kappa shape index (κ3) is 2.58. The molecule has 0 saturated carbocycles. The van der Waals surface area contributed by atoms with Gasteiger partial charge in [0, 0.05) is 6.20 Å². The van der Waals surface area contributed by atoms with Crippen LogP contribution in [0.3, 0.4) is 0 Å². The van der Waals surface area contributed by atoms with Crippen molar-refractivity contribution < 1.29 is 0 Å². The minimum atomic E-state index is 0.590. The van der Waals surface area contributed by atoms with Gasteiger partial charge in [0.05, 0.1) is 12.2 Å². The van der Waals surface area contributed by atoms with E-state index in [9.17, 15) is 0 Å². The van der Waals surface area contributed by atoms with Crippen molar-refractivity contribution >= 4 is 0 Å². The number of nitrogens with two attached hydrogens (primary N) is 1. The number of piperidine rings is 1. The maximum atomic E-state index is 5.52. The lowest BCUT2D eigenvalue weighted by Gasteiger charge is -2.28. The van der Waals surface area contributed by atoms with E-state index in [1.54, 1.807) is 0 Å². The Morgan fingerprint density at radius 2 is 2.20 bits per heavy atom. The lowest BCUT2D eigenvalue weighted by Crippen LogP contribution is -2.31. The molecule has 4 heteroatoms. The highest BCUT2D eigenvalue weighted by molar-refractivity contribution is 5.05. The Bertz CT molecular complexity index is 299. The van der Waals surface area contributed by atoms with Gasteiger partial charge in [0.1, 0.15) is 0 Å². The summed E-state index contributed by atoms with van der Waals surface area (Å²) in [5.41, 5.74) is 6.78. The first-order valence-corrected chi connectivity index (χ1v) is 5.71. The molecule has 84 valence electrons. The second kappa shape index (κ2) is 4.77. The molecule has 0 bridgehead atoms. The number of aromatic nitrogens is 2. The standard InChI is InChI=1S/C11H20N4/c1-14-6-3-11(4-7-14)15-9-10(2-5-12)8-13-15/h8-9,11H,2-7,12H2,1H3. The van der Waals surface area contributed by atoms with Gasteiger partial charge in [0.25, 0.3) is 0 Å². The predicted molar refractivity (Wildman–Crippen MR) is 60.8 cm³/mol. The molecule has 0 aliphatic carbocycles. The Labute approximate surface area is 91.1 Å². The Morgan fingerprint density at radius 3 is 2.87 bits per heavy atom. The molecule has 0 aromatic carbocycles. The quantitative estimate of drug-likeness (QED) is 0.793. The minimum Gasteiger partial charge on any atom is -0.330 e. The Kier molecular flexibility index (Phi) is 3.38. The van der Waals surface area contributed by atoms with Gasteiger partial charge in [-0.1, -0.05) is 0 Å². The molecular formula is C11H20N4. The average molecular weight is 208 g/mol. The van der Waals surface area contributed by atoms with E-state index < -0.39 is 0 Å². The number of hydrogen-bond donors (Lipinski definition) is 1. The van der Waals surface area contributed by atoms with Crippen molar-refractivity contribution in [3.8, 4) is 0 Å². The van der Waals surface area contributed by atoms with Crippen molar-refractivity contribution in [1.29, 1.82) is 0 Å². The fourth-order valence-electron chi connectivity index (χ4n) is 2.13. The number of hydrogen-bond acceptors (Lipinski definition) is 3. The predicted octanol–water partition coefficient (Wildman–Crippen LogP) is 0.651. The zero-order valence-electron chi connectivity index (χ0n) is 9.39. The number of nitrogens with zero attached hydrogens (tertiary/aromatic N) is 3. The summed E-state index contributed by atoms with van der Waals surface area (Å²) in [5.74, 6) is 0. The van der Waals surface area contributed by atoms with E-state index in [-0.39, 0.29) is 0 Å². The van der Waals surface area contributed by atoms with Crippen LogP contribution in [0.4, 0.5) is 0 Å². The van der Waals surface area contributed by atoms with Gasteiger partial charge in [-0.3, -0.25) is 4.68 Å². The van der Waals surface area contributed by atoms with Crippen molar-refractivity contribution in [2.45, 2.75) is 25.3 Å². The van der Waals surface area contributed by atoms with E-state index >= 15 is 0 Å². The lowest BCUT2D eigenvalue weighted by molar-refractivity contribution is 0.212. The Hall–Kier alpha value is -0.870. The van der Waals surface area contributed by atoms with E-state index in [2.05, 4.69) is 27.9 Å². The summed E-state index contributed by atoms with van der Waals surface area (Å²) in [7, 11) is 2.18. The van der Waals surface area contributed by atoms with Crippen molar-refractivity contribution in [2.24, 2.45) is 5.73 Å². The highest BCUT2D eigenvalue weighted by Gasteiger charge is 2.18. The molecule has 2 heterocycles. The fourth-order valence-corrected chi connectivity index (χ4v) is 2.13. The van der Waals surface area contributed by atoms with Crippen LogP contribution in [0.1, 0.15) is 24.4 Å². The summed E-state index contributed by atoms with van der Waals surface area (Å²) in [4.78, 5) is 2.38. The molecule has 1 aliphatic rings. The summed E-state index contributed by atoms with van der Waals surface area (Å²) in [6, 6.07) is 0.590. The maximum absolute atomic E-state index is 5.52. The van der Waals surface area contributed by atoms with Crippen LogP contribution >= 0.6 is 0 Å². The summed E-state index contributed by atoms with van der Waals surface area (Å²) in [6.07, 6.45) is 7.46. The zero-order valence-corrected chi connectivity index (χ0v) is 9.39. The summed E-state index contributed by atoms with van der Waals surface area (Å²) >= 11 is 0. The molecule has 2 rings (SSSR count). The molecule has 15 heavy (non-hydrogen) atoms. The first-order chi connectivity index (χ1) is 7.29. The van der Waals surface area contributed by atoms with Crippen LogP contribution in [0.2, 0.25) is 0 Å². The van der Waals surface area contributed by atoms with Gasteiger partial charge in [0.15, 0.2) is 0 Å². The molecule has 0 atom stereocenters. The normalized spacial score (nSPS) is 19.6. The molecule has 1 fully saturated rings. The highest BCUT2D eigenvalue weighted by Crippen LogP contribution is 2.21. The molecule has 1 aromatic heterocycles. The van der Waals surface area contributed by atoms with Gasteiger partial charge in [0.2, 0.25) is 0 Å². The molecule has 0 spiro atoms. The minimum absolute atomic E-state index is 0.590. The SMILES string of the molecule is CN1CCC(n2cc(CCN)cn2)CC1. The molecule has 0 unspecified atom stereocenters. The van der Waals surface area contributed by atoms with Gasteiger partial charge in [-0.05, 0) is 51.5 Å². The Morgan fingerprint density at radius 1 is 1.47 bits per heavy atom. The second-order valence-corrected chi connectivity index (χ2v) is 4.40. The van der Waals surface area contributed by atoms with Crippen LogP contribution in [0.5, 0.6) is 0 Å². The van der Waals surface area contributed by atoms with E-state index in [4.69, 9.17) is 5.73 Å². The van der Waals surface area contributed by atoms with Gasteiger partial charge in [-0.2, -0.15) is 5.10 Å². The Balaban J connectivity index is 1.96. The largest absolute Gasteiger partial charge is 0.330 e. The highest BCUT2D eigenvalue weighted by atomic mass is 15.3. The third-order valence-corrected chi connectivity index (χ3v) is 3.15. The summed E-state index contributed by atoms with van der Waals surface area (Å²) in [5, 5.41) is 4.43. The van der Waals surface area contributed by atoms with Crippen molar-refractivity contribution in [3.63, 3.8) is 0 Å². The third-order valence-electron chi connectivity index (χ3n) is 3.15. The monoisotopic (exact) mass is 208 g/mol. The number of likely N-dealkylation sites (tertiary alicyclic amines) is 1. The molecule has 0 amide bonds.